The highest BCUT2D eigenvalue weighted by Gasteiger charge is 2.20. The van der Waals surface area contributed by atoms with Crippen LogP contribution >= 0.6 is 0 Å². The molecule has 0 bridgehead atoms. The molecule has 10 aromatic carbocycles. The Balaban J connectivity index is 1.15. The lowest BCUT2D eigenvalue weighted by Crippen LogP contribution is -2.10. The van der Waals surface area contributed by atoms with Gasteiger partial charge in [0.05, 0.1) is 5.69 Å². The molecule has 3 nitrogen and oxygen atoms in total. The fraction of sp³-hybridized carbons (Fsp3) is 0. The molecule has 1 aromatic heterocycles. The molecule has 3 heteroatoms. The van der Waals surface area contributed by atoms with Crippen LogP contribution in [0.1, 0.15) is 0 Å². The monoisotopic (exact) mass is 714 g/mol. The highest BCUT2D eigenvalue weighted by molar-refractivity contribution is 6.27. The minimum Gasteiger partial charge on any atom is -0.435 e. The number of nitrogens with zero attached hydrogens (tertiary/aromatic N) is 2. The van der Waals surface area contributed by atoms with Gasteiger partial charge in [-0.25, -0.2) is 4.98 Å². The van der Waals surface area contributed by atoms with Gasteiger partial charge in [-0.15, -0.1) is 0 Å². The van der Waals surface area contributed by atoms with Gasteiger partial charge in [-0.05, 0) is 97.7 Å². The summed E-state index contributed by atoms with van der Waals surface area (Å²) in [6, 6.07) is 73.6. The predicted molar refractivity (Wildman–Crippen MR) is 235 cm³/mol. The lowest BCUT2D eigenvalue weighted by Gasteiger charge is -2.28. The van der Waals surface area contributed by atoms with Crippen molar-refractivity contribution < 1.29 is 4.42 Å². The molecule has 1 heterocycles. The molecular formula is C53H34N2O. The van der Waals surface area contributed by atoms with Crippen LogP contribution in [0.15, 0.2) is 211 Å². The van der Waals surface area contributed by atoms with E-state index < -0.39 is 0 Å². The standard InChI is InChI=1S/C53H34N2O/c1-3-12-35(13-4-1)36-26-30-42(31-27-36)55(43-19-9-18-41(34-43)45-21-10-17-37-14-7-8-20-44(37)45)49-23-11-22-47-46(49)32-28-38-24-25-39-29-33-48-52(51(39)50(38)47)56-53(54-48)40-15-5-2-6-16-40/h1-34H. The molecule has 0 amide bonds. The third-order valence-electron chi connectivity index (χ3n) is 11.1. The molecule has 0 spiro atoms. The first kappa shape index (κ1) is 32.0. The number of oxazole rings is 1. The molecule has 0 saturated heterocycles. The molecule has 56 heavy (non-hydrogen) atoms. The van der Waals surface area contributed by atoms with E-state index in [2.05, 4.69) is 181 Å². The average molecular weight is 715 g/mol. The topological polar surface area (TPSA) is 29.3 Å². The quantitative estimate of drug-likeness (QED) is 0.161. The predicted octanol–water partition coefficient (Wildman–Crippen LogP) is 14.9. The maximum absolute atomic E-state index is 6.65. The van der Waals surface area contributed by atoms with Crippen molar-refractivity contribution >= 4 is 71.3 Å². The molecule has 11 aromatic rings. The molecule has 0 atom stereocenters. The largest absolute Gasteiger partial charge is 0.435 e. The van der Waals surface area contributed by atoms with Crippen molar-refractivity contribution in [3.63, 3.8) is 0 Å². The van der Waals surface area contributed by atoms with Gasteiger partial charge in [0.15, 0.2) is 5.58 Å². The first-order valence-corrected chi connectivity index (χ1v) is 19.0. The molecule has 0 N–H and O–H groups in total. The van der Waals surface area contributed by atoms with Gasteiger partial charge >= 0.3 is 0 Å². The zero-order valence-electron chi connectivity index (χ0n) is 30.4. The highest BCUT2D eigenvalue weighted by Crippen LogP contribution is 2.45. The van der Waals surface area contributed by atoms with E-state index in [1.165, 1.54) is 33.0 Å². The molecule has 0 saturated carbocycles. The van der Waals surface area contributed by atoms with Crippen LogP contribution in [0, 0.1) is 0 Å². The Morgan fingerprint density at radius 3 is 1.84 bits per heavy atom. The van der Waals surface area contributed by atoms with Crippen LogP contribution in [0.2, 0.25) is 0 Å². The first-order valence-electron chi connectivity index (χ1n) is 19.0. The first-order chi connectivity index (χ1) is 27.8. The van der Waals surface area contributed by atoms with Crippen molar-refractivity contribution in [1.29, 1.82) is 0 Å². The fourth-order valence-electron chi connectivity index (χ4n) is 8.41. The Bertz CT molecular complexity index is 3230. The van der Waals surface area contributed by atoms with Crippen molar-refractivity contribution in [2.45, 2.75) is 0 Å². The summed E-state index contributed by atoms with van der Waals surface area (Å²) < 4.78 is 6.65. The second-order valence-corrected chi connectivity index (χ2v) is 14.3. The van der Waals surface area contributed by atoms with E-state index in [1.54, 1.807) is 0 Å². The van der Waals surface area contributed by atoms with Gasteiger partial charge in [0, 0.05) is 33.1 Å². The molecule has 11 rings (SSSR count). The Kier molecular flexibility index (Phi) is 7.49. The maximum atomic E-state index is 6.65. The van der Waals surface area contributed by atoms with Gasteiger partial charge in [0.2, 0.25) is 5.89 Å². The van der Waals surface area contributed by atoms with Gasteiger partial charge in [-0.1, -0.05) is 158 Å². The summed E-state index contributed by atoms with van der Waals surface area (Å²) in [6.07, 6.45) is 0. The van der Waals surface area contributed by atoms with Gasteiger partial charge in [-0.3, -0.25) is 0 Å². The molecule has 0 aliphatic carbocycles. The summed E-state index contributed by atoms with van der Waals surface area (Å²) in [5.41, 5.74) is 10.6. The van der Waals surface area contributed by atoms with Crippen LogP contribution in [0.3, 0.4) is 0 Å². The third-order valence-corrected chi connectivity index (χ3v) is 11.1. The van der Waals surface area contributed by atoms with E-state index in [1.807, 2.05) is 30.3 Å². The summed E-state index contributed by atoms with van der Waals surface area (Å²) in [4.78, 5) is 7.35. The number of rotatable bonds is 6. The Morgan fingerprint density at radius 1 is 0.375 bits per heavy atom. The molecule has 0 radical (unpaired) electrons. The summed E-state index contributed by atoms with van der Waals surface area (Å²) in [5.74, 6) is 0.627. The van der Waals surface area contributed by atoms with Crippen LogP contribution in [0.4, 0.5) is 17.1 Å². The van der Waals surface area contributed by atoms with Crippen molar-refractivity contribution in [3.05, 3.63) is 206 Å². The Hall–Kier alpha value is -7.49. The highest BCUT2D eigenvalue weighted by atomic mass is 16.3. The van der Waals surface area contributed by atoms with E-state index in [4.69, 9.17) is 9.40 Å². The number of fused-ring (bicyclic) bond motifs is 8. The number of anilines is 3. The Morgan fingerprint density at radius 2 is 1.00 bits per heavy atom. The van der Waals surface area contributed by atoms with Gasteiger partial charge in [-0.2, -0.15) is 0 Å². The summed E-state index contributed by atoms with van der Waals surface area (Å²) >= 11 is 0. The lowest BCUT2D eigenvalue weighted by molar-refractivity contribution is 0.623. The summed E-state index contributed by atoms with van der Waals surface area (Å²) in [7, 11) is 0. The van der Waals surface area contributed by atoms with Crippen molar-refractivity contribution in [1.82, 2.24) is 4.98 Å². The number of benzene rings is 10. The SMILES string of the molecule is c1ccc(-c2ccc(N(c3cccc(-c4cccc5ccccc45)c3)c3cccc4c3ccc3ccc5ccc6nc(-c7ccccc7)oc6c5c34)cc2)cc1. The molecule has 0 aliphatic heterocycles. The molecule has 0 unspecified atom stereocenters. The van der Waals surface area contributed by atoms with Gasteiger partial charge < -0.3 is 9.32 Å². The second-order valence-electron chi connectivity index (χ2n) is 14.3. The van der Waals surface area contributed by atoms with E-state index >= 15 is 0 Å². The summed E-state index contributed by atoms with van der Waals surface area (Å²) in [5, 5.41) is 9.29. The van der Waals surface area contributed by atoms with Crippen LogP contribution in [-0.2, 0) is 0 Å². The molecular weight excluding hydrogens is 681 g/mol. The van der Waals surface area contributed by atoms with Gasteiger partial charge in [0.1, 0.15) is 5.52 Å². The number of hydrogen-bond acceptors (Lipinski definition) is 3. The van der Waals surface area contributed by atoms with E-state index in [0.717, 1.165) is 66.0 Å². The average Bonchev–Trinajstić information content (AvgIpc) is 3.72. The maximum Gasteiger partial charge on any atom is 0.227 e. The zero-order valence-corrected chi connectivity index (χ0v) is 30.4. The van der Waals surface area contributed by atoms with Crippen LogP contribution in [0.5, 0.6) is 0 Å². The minimum atomic E-state index is 0.627. The van der Waals surface area contributed by atoms with Crippen molar-refractivity contribution in [2.24, 2.45) is 0 Å². The molecule has 0 fully saturated rings. The van der Waals surface area contributed by atoms with Crippen LogP contribution in [0.25, 0.3) is 87.9 Å². The smallest absolute Gasteiger partial charge is 0.227 e. The van der Waals surface area contributed by atoms with Crippen molar-refractivity contribution in [2.75, 3.05) is 4.90 Å². The van der Waals surface area contributed by atoms with Gasteiger partial charge in [0.25, 0.3) is 0 Å². The van der Waals surface area contributed by atoms with Crippen LogP contribution < -0.4 is 4.90 Å². The number of hydrogen-bond donors (Lipinski definition) is 0. The lowest BCUT2D eigenvalue weighted by atomic mass is 9.94. The third kappa shape index (κ3) is 5.32. The van der Waals surface area contributed by atoms with E-state index in [9.17, 15) is 0 Å². The van der Waals surface area contributed by atoms with E-state index in [0.29, 0.717) is 5.89 Å². The van der Waals surface area contributed by atoms with Crippen molar-refractivity contribution in [3.8, 4) is 33.7 Å². The fourth-order valence-corrected chi connectivity index (χ4v) is 8.41. The minimum absolute atomic E-state index is 0.627. The van der Waals surface area contributed by atoms with E-state index in [-0.39, 0.29) is 0 Å². The normalized spacial score (nSPS) is 11.6. The zero-order chi connectivity index (χ0) is 37.0. The summed E-state index contributed by atoms with van der Waals surface area (Å²) in [6.45, 7) is 0. The second kappa shape index (κ2) is 13.1. The van der Waals surface area contributed by atoms with Crippen LogP contribution in [-0.4, -0.2) is 4.98 Å². The molecule has 262 valence electrons. The number of aromatic nitrogens is 1. The Labute approximate surface area is 324 Å². The molecule has 0 aliphatic rings.